The molecule has 0 bridgehead atoms. The van der Waals surface area contributed by atoms with E-state index in [-0.39, 0.29) is 12.1 Å². The van der Waals surface area contributed by atoms with E-state index in [2.05, 4.69) is 0 Å². The zero-order valence-electron chi connectivity index (χ0n) is 10.6. The van der Waals surface area contributed by atoms with Gasteiger partial charge in [-0.2, -0.15) is 0 Å². The van der Waals surface area contributed by atoms with Gasteiger partial charge in [0.25, 0.3) is 0 Å². The summed E-state index contributed by atoms with van der Waals surface area (Å²) in [6.45, 7) is 5.98. The first-order chi connectivity index (χ1) is 7.65. The Morgan fingerprint density at radius 1 is 1.44 bits per heavy atom. The van der Waals surface area contributed by atoms with Gasteiger partial charge >= 0.3 is 6.09 Å². The van der Waals surface area contributed by atoms with Crippen molar-refractivity contribution in [3.05, 3.63) is 0 Å². The molecule has 1 fully saturated rings. The molecule has 16 heavy (non-hydrogen) atoms. The summed E-state index contributed by atoms with van der Waals surface area (Å²) in [7, 11) is 1.67. The first-order valence-electron chi connectivity index (χ1n) is 6.07. The second-order valence-corrected chi connectivity index (χ2v) is 4.77. The van der Waals surface area contributed by atoms with Crippen LogP contribution in [0, 0.1) is 5.92 Å². The minimum Gasteiger partial charge on any atom is -0.449 e. The van der Waals surface area contributed by atoms with Crippen molar-refractivity contribution in [3.8, 4) is 0 Å². The second-order valence-electron chi connectivity index (χ2n) is 4.77. The molecule has 0 aliphatic carbocycles. The molecule has 4 heteroatoms. The average Bonchev–Trinajstić information content (AvgIpc) is 2.27. The molecule has 0 N–H and O–H groups in total. The summed E-state index contributed by atoms with van der Waals surface area (Å²) in [6, 6.07) is 0.193. The Morgan fingerprint density at radius 3 is 2.81 bits per heavy atom. The van der Waals surface area contributed by atoms with Gasteiger partial charge in [-0.05, 0) is 25.2 Å². The maximum atomic E-state index is 11.8. The first kappa shape index (κ1) is 13.3. The third kappa shape index (κ3) is 4.00. The number of ether oxygens (including phenoxy) is 2. The van der Waals surface area contributed by atoms with E-state index in [1.54, 1.807) is 7.11 Å². The van der Waals surface area contributed by atoms with E-state index in [1.165, 1.54) is 6.42 Å². The topological polar surface area (TPSA) is 38.8 Å². The number of carbonyl (C=O) groups excluding carboxylic acids is 1. The summed E-state index contributed by atoms with van der Waals surface area (Å²) < 4.78 is 10.4. The fourth-order valence-electron chi connectivity index (χ4n) is 1.93. The highest BCUT2D eigenvalue weighted by molar-refractivity contribution is 5.68. The van der Waals surface area contributed by atoms with Crippen LogP contribution >= 0.6 is 0 Å². The van der Waals surface area contributed by atoms with Crippen LogP contribution in [0.4, 0.5) is 4.79 Å². The van der Waals surface area contributed by atoms with Gasteiger partial charge < -0.3 is 14.4 Å². The van der Waals surface area contributed by atoms with Crippen LogP contribution in [-0.4, -0.2) is 43.9 Å². The number of nitrogens with zero attached hydrogens (tertiary/aromatic N) is 1. The van der Waals surface area contributed by atoms with Crippen molar-refractivity contribution in [2.45, 2.75) is 39.2 Å². The van der Waals surface area contributed by atoms with Gasteiger partial charge in [0.1, 0.15) is 0 Å². The molecule has 1 aliphatic rings. The minimum absolute atomic E-state index is 0.185. The van der Waals surface area contributed by atoms with Crippen molar-refractivity contribution in [3.63, 3.8) is 0 Å². The smallest absolute Gasteiger partial charge is 0.410 e. The molecule has 94 valence electrons. The van der Waals surface area contributed by atoms with Crippen molar-refractivity contribution >= 4 is 6.09 Å². The van der Waals surface area contributed by atoms with Gasteiger partial charge in [0.15, 0.2) is 0 Å². The fourth-order valence-corrected chi connectivity index (χ4v) is 1.93. The monoisotopic (exact) mass is 229 g/mol. The fraction of sp³-hybridized carbons (Fsp3) is 0.917. The zero-order valence-corrected chi connectivity index (χ0v) is 10.6. The number of methoxy groups -OCH3 is 1. The number of likely N-dealkylation sites (tertiary alicyclic amines) is 1. The van der Waals surface area contributed by atoms with Crippen LogP contribution in [0.1, 0.15) is 33.1 Å². The van der Waals surface area contributed by atoms with Crippen LogP contribution in [0.15, 0.2) is 0 Å². The molecule has 4 nitrogen and oxygen atoms in total. The molecule has 0 aromatic carbocycles. The molecule has 1 rings (SSSR count). The standard InChI is InChI=1S/C12H23NO3/c1-10(2)8-16-12(14)13-7-5-4-6-11(13)9-15-3/h10-11H,4-9H2,1-3H3. The Hall–Kier alpha value is -0.770. The predicted molar refractivity (Wildman–Crippen MR) is 62.4 cm³/mol. The van der Waals surface area contributed by atoms with Gasteiger partial charge in [0.2, 0.25) is 0 Å². The maximum absolute atomic E-state index is 11.8. The average molecular weight is 229 g/mol. The molecular weight excluding hydrogens is 206 g/mol. The lowest BCUT2D eigenvalue weighted by molar-refractivity contribution is 0.0382. The zero-order chi connectivity index (χ0) is 12.0. The van der Waals surface area contributed by atoms with Crippen LogP contribution in [0.25, 0.3) is 0 Å². The number of rotatable bonds is 4. The first-order valence-corrected chi connectivity index (χ1v) is 6.07. The molecule has 1 unspecified atom stereocenters. The van der Waals surface area contributed by atoms with Gasteiger partial charge in [0.05, 0.1) is 19.3 Å². The lowest BCUT2D eigenvalue weighted by Gasteiger charge is -2.34. The van der Waals surface area contributed by atoms with Crippen molar-refractivity contribution in [2.24, 2.45) is 5.92 Å². The quantitative estimate of drug-likeness (QED) is 0.742. The highest BCUT2D eigenvalue weighted by Crippen LogP contribution is 2.18. The molecule has 1 saturated heterocycles. The van der Waals surface area contributed by atoms with E-state index in [0.717, 1.165) is 19.4 Å². The number of amides is 1. The summed E-state index contributed by atoms with van der Waals surface area (Å²) in [6.07, 6.45) is 3.07. The Bertz CT molecular complexity index is 216. The van der Waals surface area contributed by atoms with Crippen LogP contribution in [0.5, 0.6) is 0 Å². The molecule has 0 aromatic rings. The van der Waals surface area contributed by atoms with Crippen molar-refractivity contribution in [2.75, 3.05) is 26.9 Å². The third-order valence-corrected chi connectivity index (χ3v) is 2.76. The van der Waals surface area contributed by atoms with Crippen LogP contribution in [-0.2, 0) is 9.47 Å². The largest absolute Gasteiger partial charge is 0.449 e. The summed E-state index contributed by atoms with van der Waals surface area (Å²) >= 11 is 0. The van der Waals surface area contributed by atoms with Gasteiger partial charge in [0, 0.05) is 13.7 Å². The lowest BCUT2D eigenvalue weighted by atomic mass is 10.0. The Morgan fingerprint density at radius 2 is 2.19 bits per heavy atom. The van der Waals surface area contributed by atoms with Gasteiger partial charge in [-0.3, -0.25) is 0 Å². The Labute approximate surface area is 97.9 Å². The van der Waals surface area contributed by atoms with E-state index < -0.39 is 0 Å². The van der Waals surface area contributed by atoms with E-state index in [9.17, 15) is 4.79 Å². The lowest BCUT2D eigenvalue weighted by Crippen LogP contribution is -2.46. The predicted octanol–water partition coefficient (Wildman–Crippen LogP) is 2.28. The van der Waals surface area contributed by atoms with Crippen molar-refractivity contribution < 1.29 is 14.3 Å². The molecule has 1 amide bonds. The second kappa shape index (κ2) is 6.74. The van der Waals surface area contributed by atoms with E-state index in [1.807, 2.05) is 18.7 Å². The van der Waals surface area contributed by atoms with Crippen LogP contribution < -0.4 is 0 Å². The normalized spacial score (nSPS) is 21.2. The Balaban J connectivity index is 2.43. The van der Waals surface area contributed by atoms with Gasteiger partial charge in [-0.1, -0.05) is 13.8 Å². The SMILES string of the molecule is COCC1CCCCN1C(=O)OCC(C)C. The summed E-state index contributed by atoms with van der Waals surface area (Å²) in [5.41, 5.74) is 0. The highest BCUT2D eigenvalue weighted by atomic mass is 16.6. The third-order valence-electron chi connectivity index (χ3n) is 2.76. The summed E-state index contributed by atoms with van der Waals surface area (Å²) in [5.74, 6) is 0.384. The maximum Gasteiger partial charge on any atom is 0.410 e. The van der Waals surface area contributed by atoms with E-state index in [4.69, 9.17) is 9.47 Å². The molecule has 0 radical (unpaired) electrons. The molecule has 0 saturated carbocycles. The molecule has 0 spiro atoms. The van der Waals surface area contributed by atoms with Crippen LogP contribution in [0.2, 0.25) is 0 Å². The molecule has 0 aromatic heterocycles. The number of hydrogen-bond donors (Lipinski definition) is 0. The van der Waals surface area contributed by atoms with Gasteiger partial charge in [-0.25, -0.2) is 4.79 Å². The molecule has 1 atom stereocenters. The summed E-state index contributed by atoms with van der Waals surface area (Å²) in [4.78, 5) is 13.7. The highest BCUT2D eigenvalue weighted by Gasteiger charge is 2.27. The Kier molecular flexibility index (Phi) is 5.60. The van der Waals surface area contributed by atoms with Gasteiger partial charge in [-0.15, -0.1) is 0 Å². The van der Waals surface area contributed by atoms with E-state index >= 15 is 0 Å². The van der Waals surface area contributed by atoms with E-state index in [0.29, 0.717) is 19.1 Å². The minimum atomic E-state index is -0.185. The van der Waals surface area contributed by atoms with Crippen LogP contribution in [0.3, 0.4) is 0 Å². The van der Waals surface area contributed by atoms with Crippen molar-refractivity contribution in [1.82, 2.24) is 4.90 Å². The molecule has 1 heterocycles. The van der Waals surface area contributed by atoms with Crippen molar-refractivity contribution in [1.29, 1.82) is 0 Å². The number of piperidine rings is 1. The molecule has 1 aliphatic heterocycles. The summed E-state index contributed by atoms with van der Waals surface area (Å²) in [5, 5.41) is 0. The number of hydrogen-bond acceptors (Lipinski definition) is 3. The number of carbonyl (C=O) groups is 1. The molecular formula is C12H23NO3.